The highest BCUT2D eigenvalue weighted by molar-refractivity contribution is 5.77. The molecule has 22 heavy (non-hydrogen) atoms. The summed E-state index contributed by atoms with van der Waals surface area (Å²) in [6.45, 7) is 4.64. The predicted molar refractivity (Wildman–Crippen MR) is 96.7 cm³/mol. The molecule has 0 radical (unpaired) electrons. The summed E-state index contributed by atoms with van der Waals surface area (Å²) >= 11 is 0. The molecule has 0 nitrogen and oxygen atoms in total. The van der Waals surface area contributed by atoms with E-state index in [-0.39, 0.29) is 0 Å². The van der Waals surface area contributed by atoms with E-state index >= 15 is 0 Å². The van der Waals surface area contributed by atoms with Gasteiger partial charge in [0.25, 0.3) is 0 Å². The number of allylic oxidation sites excluding steroid dienone is 8. The Balaban J connectivity index is 2.24. The average molecular weight is 290 g/mol. The molecule has 2 aliphatic rings. The molecule has 0 unspecified atom stereocenters. The minimum absolute atomic E-state index is 1.17. The van der Waals surface area contributed by atoms with Crippen LogP contribution in [0.5, 0.6) is 0 Å². The van der Waals surface area contributed by atoms with E-state index in [1.165, 1.54) is 60.8 Å². The largest absolute Gasteiger partial charge is 0.0845 e. The molecule has 0 bridgehead atoms. The molecule has 0 heteroatoms. The van der Waals surface area contributed by atoms with Crippen molar-refractivity contribution in [2.75, 3.05) is 0 Å². The Morgan fingerprint density at radius 3 is 2.50 bits per heavy atom. The molecule has 0 aromatic heterocycles. The second kappa shape index (κ2) is 6.96. The molecule has 114 valence electrons. The van der Waals surface area contributed by atoms with Crippen molar-refractivity contribution in [2.45, 2.75) is 52.4 Å². The van der Waals surface area contributed by atoms with Crippen molar-refractivity contribution < 1.29 is 0 Å². The highest BCUT2D eigenvalue weighted by atomic mass is 14.2. The Kier molecular flexibility index (Phi) is 4.77. The maximum absolute atomic E-state index is 2.37. The van der Waals surface area contributed by atoms with Crippen LogP contribution in [0.15, 0.2) is 70.9 Å². The number of fused-ring (bicyclic) bond motifs is 1. The first-order valence-electron chi connectivity index (χ1n) is 8.58. The molecular weight excluding hydrogens is 264 g/mol. The summed E-state index contributed by atoms with van der Waals surface area (Å²) in [6, 6.07) is 11.0. The molecule has 0 N–H and O–H groups in total. The lowest BCUT2D eigenvalue weighted by molar-refractivity contribution is 0.824. The second-order valence-corrected chi connectivity index (χ2v) is 6.49. The van der Waals surface area contributed by atoms with Crippen LogP contribution in [-0.2, 0) is 0 Å². The first kappa shape index (κ1) is 15.1. The minimum atomic E-state index is 1.17. The van der Waals surface area contributed by atoms with Crippen LogP contribution < -0.4 is 0 Å². The molecule has 3 rings (SSSR count). The Hall–Kier alpha value is -1.82. The third-order valence-electron chi connectivity index (χ3n) is 4.99. The summed E-state index contributed by atoms with van der Waals surface area (Å²) in [4.78, 5) is 0. The minimum Gasteiger partial charge on any atom is -0.0845 e. The normalized spacial score (nSPS) is 19.8. The zero-order valence-corrected chi connectivity index (χ0v) is 13.9. The van der Waals surface area contributed by atoms with E-state index in [4.69, 9.17) is 0 Å². The number of hydrogen-bond acceptors (Lipinski definition) is 0. The highest BCUT2D eigenvalue weighted by Crippen LogP contribution is 2.39. The lowest BCUT2D eigenvalue weighted by atomic mass is 9.86. The first-order valence-corrected chi connectivity index (χ1v) is 8.58. The van der Waals surface area contributed by atoms with E-state index in [2.05, 4.69) is 62.4 Å². The SMILES string of the molecule is CC1=C(C)C2=C(c3ccccc3)CCCC=CC=C2CCC1. The highest BCUT2D eigenvalue weighted by Gasteiger charge is 2.19. The maximum atomic E-state index is 2.37. The van der Waals surface area contributed by atoms with Crippen molar-refractivity contribution in [1.82, 2.24) is 0 Å². The third kappa shape index (κ3) is 3.16. The molecule has 0 fully saturated rings. The summed E-state index contributed by atoms with van der Waals surface area (Å²) in [5.74, 6) is 0. The molecule has 0 amide bonds. The van der Waals surface area contributed by atoms with Gasteiger partial charge in [0.15, 0.2) is 0 Å². The van der Waals surface area contributed by atoms with Gasteiger partial charge < -0.3 is 0 Å². The Bertz CT molecular complexity index is 651. The van der Waals surface area contributed by atoms with E-state index < -0.39 is 0 Å². The van der Waals surface area contributed by atoms with Crippen LogP contribution in [0.3, 0.4) is 0 Å². The van der Waals surface area contributed by atoms with E-state index in [1.807, 2.05) is 0 Å². The topological polar surface area (TPSA) is 0 Å². The molecule has 1 aromatic rings. The fourth-order valence-corrected chi connectivity index (χ4v) is 3.63. The van der Waals surface area contributed by atoms with Crippen LogP contribution in [0.25, 0.3) is 5.57 Å². The Labute approximate surface area is 135 Å². The van der Waals surface area contributed by atoms with Crippen molar-refractivity contribution in [3.8, 4) is 0 Å². The summed E-state index contributed by atoms with van der Waals surface area (Å²) in [6.07, 6.45) is 14.3. The monoisotopic (exact) mass is 290 g/mol. The van der Waals surface area contributed by atoms with Gasteiger partial charge in [-0.2, -0.15) is 0 Å². The van der Waals surface area contributed by atoms with Crippen LogP contribution in [0, 0.1) is 0 Å². The van der Waals surface area contributed by atoms with Gasteiger partial charge in [-0.3, -0.25) is 0 Å². The van der Waals surface area contributed by atoms with Crippen LogP contribution in [-0.4, -0.2) is 0 Å². The molecular formula is C22H26. The Morgan fingerprint density at radius 1 is 0.864 bits per heavy atom. The summed E-state index contributed by atoms with van der Waals surface area (Å²) in [5.41, 5.74) is 9.10. The van der Waals surface area contributed by atoms with Crippen LogP contribution in [0.1, 0.15) is 57.9 Å². The van der Waals surface area contributed by atoms with E-state index in [0.717, 1.165) is 0 Å². The van der Waals surface area contributed by atoms with E-state index in [9.17, 15) is 0 Å². The van der Waals surface area contributed by atoms with Gasteiger partial charge in [-0.05, 0) is 80.2 Å². The van der Waals surface area contributed by atoms with Crippen LogP contribution >= 0.6 is 0 Å². The predicted octanol–water partition coefficient (Wildman–Crippen LogP) is 6.63. The van der Waals surface area contributed by atoms with Gasteiger partial charge in [0.2, 0.25) is 0 Å². The molecule has 0 saturated heterocycles. The van der Waals surface area contributed by atoms with Crippen LogP contribution in [0.2, 0.25) is 0 Å². The van der Waals surface area contributed by atoms with Crippen LogP contribution in [0.4, 0.5) is 0 Å². The fourth-order valence-electron chi connectivity index (χ4n) is 3.63. The average Bonchev–Trinajstić information content (AvgIpc) is 2.63. The molecule has 0 aliphatic heterocycles. The van der Waals surface area contributed by atoms with Crippen molar-refractivity contribution in [3.63, 3.8) is 0 Å². The number of rotatable bonds is 1. The zero-order chi connectivity index (χ0) is 15.4. The summed E-state index contributed by atoms with van der Waals surface area (Å²) in [7, 11) is 0. The summed E-state index contributed by atoms with van der Waals surface area (Å²) < 4.78 is 0. The van der Waals surface area contributed by atoms with Gasteiger partial charge in [0.05, 0.1) is 0 Å². The standard InChI is InChI=1S/C22H26/c1-17-11-10-15-20-14-6-3-4-9-16-21(22(20)18(17)2)19-12-7-5-8-13-19/h3,5-8,12-14H,4,9-11,15-16H2,1-2H3. The first-order chi connectivity index (χ1) is 10.8. The van der Waals surface area contributed by atoms with Gasteiger partial charge in [0.1, 0.15) is 0 Å². The van der Waals surface area contributed by atoms with Gasteiger partial charge in [0, 0.05) is 0 Å². The second-order valence-electron chi connectivity index (χ2n) is 6.49. The molecule has 0 saturated carbocycles. The van der Waals surface area contributed by atoms with E-state index in [1.54, 1.807) is 11.1 Å². The van der Waals surface area contributed by atoms with Gasteiger partial charge >= 0.3 is 0 Å². The quantitative estimate of drug-likeness (QED) is 0.544. The zero-order valence-electron chi connectivity index (χ0n) is 13.9. The molecule has 0 atom stereocenters. The van der Waals surface area contributed by atoms with Crippen molar-refractivity contribution in [1.29, 1.82) is 0 Å². The van der Waals surface area contributed by atoms with Gasteiger partial charge in [-0.15, -0.1) is 0 Å². The third-order valence-corrected chi connectivity index (χ3v) is 4.99. The van der Waals surface area contributed by atoms with Gasteiger partial charge in [-0.1, -0.05) is 54.1 Å². The molecule has 0 heterocycles. The summed E-state index contributed by atoms with van der Waals surface area (Å²) in [5, 5.41) is 0. The molecule has 1 aromatic carbocycles. The molecule has 2 aliphatic carbocycles. The van der Waals surface area contributed by atoms with Crippen molar-refractivity contribution in [3.05, 3.63) is 76.4 Å². The van der Waals surface area contributed by atoms with Crippen molar-refractivity contribution >= 4 is 5.57 Å². The van der Waals surface area contributed by atoms with E-state index in [0.29, 0.717) is 0 Å². The lowest BCUT2D eigenvalue weighted by Crippen LogP contribution is -1.98. The molecule has 0 spiro atoms. The Morgan fingerprint density at radius 2 is 1.68 bits per heavy atom. The fraction of sp³-hybridized carbons (Fsp3) is 0.364. The maximum Gasteiger partial charge on any atom is -0.0158 e. The van der Waals surface area contributed by atoms with Crippen molar-refractivity contribution in [2.24, 2.45) is 0 Å². The smallest absolute Gasteiger partial charge is 0.0158 e. The lowest BCUT2D eigenvalue weighted by Gasteiger charge is -2.19. The number of benzene rings is 1. The van der Waals surface area contributed by atoms with Gasteiger partial charge in [-0.25, -0.2) is 0 Å². The number of hydrogen-bond donors (Lipinski definition) is 0.